The molecule has 210 valence electrons. The van der Waals surface area contributed by atoms with Gasteiger partial charge in [-0.15, -0.1) is 0 Å². The first-order valence-corrected chi connectivity index (χ1v) is 14.1. The summed E-state index contributed by atoms with van der Waals surface area (Å²) in [5, 5.41) is 1.68. The van der Waals surface area contributed by atoms with Crippen molar-refractivity contribution in [2.45, 2.75) is 0 Å². The third-order valence-electron chi connectivity index (χ3n) is 7.97. The molecule has 0 aliphatic heterocycles. The first-order valence-electron chi connectivity index (χ1n) is 19.1. The molecule has 0 amide bonds. The number of fused-ring (bicyclic) bond motifs is 10. The number of hydrogen-bond donors (Lipinski definition) is 0. The van der Waals surface area contributed by atoms with Gasteiger partial charge in [-0.25, -0.2) is 4.98 Å². The summed E-state index contributed by atoms with van der Waals surface area (Å²) < 4.78 is 102. The first kappa shape index (κ1) is 16.5. The molecule has 0 spiro atoms. The molecule has 0 saturated carbocycles. The van der Waals surface area contributed by atoms with Crippen molar-refractivity contribution >= 4 is 65.7 Å². The van der Waals surface area contributed by atoms with Gasteiger partial charge in [0.25, 0.3) is 0 Å². The molecule has 0 atom stereocenters. The predicted molar refractivity (Wildman–Crippen MR) is 180 cm³/mol. The maximum atomic E-state index is 9.35. The molecule has 45 heavy (non-hydrogen) atoms. The molecule has 0 N–H and O–H groups in total. The molecule has 4 heterocycles. The molecule has 10 aromatic rings. The Bertz CT molecular complexity index is 3340. The molecule has 0 radical (unpaired) electrons. The topological polar surface area (TPSA) is 69.9 Å². The molecule has 10 rings (SSSR count). The first-order chi connectivity index (χ1) is 26.5. The number of furan rings is 2. The summed E-state index contributed by atoms with van der Waals surface area (Å²) in [4.78, 5) is 14.5. The van der Waals surface area contributed by atoms with Crippen LogP contribution < -0.4 is 0 Å². The molecule has 0 aliphatic carbocycles. The Labute approximate surface area is 269 Å². The minimum atomic E-state index is -0.568. The molecule has 6 heteroatoms. The van der Waals surface area contributed by atoms with Crippen LogP contribution in [-0.4, -0.2) is 19.5 Å². The van der Waals surface area contributed by atoms with E-state index in [1.54, 1.807) is 18.2 Å². The highest BCUT2D eigenvalue weighted by Gasteiger charge is 2.21. The van der Waals surface area contributed by atoms with Crippen LogP contribution in [0.4, 0.5) is 0 Å². The van der Waals surface area contributed by atoms with Crippen molar-refractivity contribution in [3.63, 3.8) is 0 Å². The number of hydrogen-bond acceptors (Lipinski definition) is 5. The lowest BCUT2D eigenvalue weighted by Crippen LogP contribution is -2.06. The zero-order valence-electron chi connectivity index (χ0n) is 33.0. The van der Waals surface area contributed by atoms with Gasteiger partial charge in [0.15, 0.2) is 11.6 Å². The molecule has 4 aromatic heterocycles. The smallest absolute Gasteiger partial charge is 0.238 e. The molecular weight excluding hydrogens is 556 g/mol. The van der Waals surface area contributed by atoms with Crippen LogP contribution in [0.3, 0.4) is 0 Å². The second-order valence-corrected chi connectivity index (χ2v) is 10.5. The van der Waals surface area contributed by atoms with E-state index in [1.807, 2.05) is 54.6 Å². The highest BCUT2D eigenvalue weighted by Crippen LogP contribution is 2.41. The molecule has 0 saturated heterocycles. The fourth-order valence-corrected chi connectivity index (χ4v) is 6.00. The lowest BCUT2D eigenvalue weighted by molar-refractivity contribution is 0.668. The standard InChI is InChI=1S/C39H22N4O2/c1-2-10-23(11-3-1)37-40-38(24-18-19-26-25-12-5-8-16-31(25)45-34(26)22-24)42-39(41-37)43-29-15-7-4-13-27(29)35-30(43)20-21-33-36(35)28-14-6-9-17-32(28)44-33/h1-22H/i4D,6D,7D,9D,13D,14D,15D,17D,20D,21D. The van der Waals surface area contributed by atoms with E-state index < -0.39 is 60.4 Å². The second-order valence-electron chi connectivity index (χ2n) is 10.5. The summed E-state index contributed by atoms with van der Waals surface area (Å²) in [6, 6.07) is 17.2. The van der Waals surface area contributed by atoms with Gasteiger partial charge in [0, 0.05) is 43.4 Å². The van der Waals surface area contributed by atoms with Crippen molar-refractivity contribution in [3.8, 4) is 28.7 Å². The van der Waals surface area contributed by atoms with Crippen LogP contribution in [0.25, 0.3) is 94.4 Å². The van der Waals surface area contributed by atoms with Crippen LogP contribution in [0, 0.1) is 0 Å². The van der Waals surface area contributed by atoms with Crippen LogP contribution in [0.5, 0.6) is 0 Å². The van der Waals surface area contributed by atoms with Gasteiger partial charge in [-0.05, 0) is 42.4 Å². The maximum Gasteiger partial charge on any atom is 0.238 e. The van der Waals surface area contributed by atoms with Gasteiger partial charge in [-0.2, -0.15) is 9.97 Å². The lowest BCUT2D eigenvalue weighted by atomic mass is 10.1. The molecule has 0 bridgehead atoms. The van der Waals surface area contributed by atoms with E-state index in [-0.39, 0.29) is 61.3 Å². The van der Waals surface area contributed by atoms with Gasteiger partial charge in [-0.3, -0.25) is 4.57 Å². The number of benzene rings is 6. The Morgan fingerprint density at radius 1 is 0.489 bits per heavy atom. The Morgan fingerprint density at radius 2 is 1.22 bits per heavy atom. The van der Waals surface area contributed by atoms with Crippen molar-refractivity contribution in [2.75, 3.05) is 0 Å². The third-order valence-corrected chi connectivity index (χ3v) is 7.97. The minimum Gasteiger partial charge on any atom is -0.456 e. The Kier molecular flexibility index (Phi) is 3.35. The van der Waals surface area contributed by atoms with Crippen LogP contribution in [0.2, 0.25) is 0 Å². The van der Waals surface area contributed by atoms with Gasteiger partial charge in [-0.1, -0.05) is 90.9 Å². The summed E-state index contributed by atoms with van der Waals surface area (Å²) in [5.74, 6) is 0.270. The van der Waals surface area contributed by atoms with Gasteiger partial charge < -0.3 is 8.83 Å². The second kappa shape index (κ2) is 9.11. The van der Waals surface area contributed by atoms with Gasteiger partial charge in [0.2, 0.25) is 5.95 Å². The molecule has 0 unspecified atom stereocenters. The van der Waals surface area contributed by atoms with Crippen molar-refractivity contribution in [2.24, 2.45) is 0 Å². The maximum absolute atomic E-state index is 9.35. The van der Waals surface area contributed by atoms with Gasteiger partial charge >= 0.3 is 0 Å². The van der Waals surface area contributed by atoms with Crippen LogP contribution in [0.1, 0.15) is 13.7 Å². The van der Waals surface area contributed by atoms with Crippen molar-refractivity contribution < 1.29 is 22.5 Å². The van der Waals surface area contributed by atoms with Gasteiger partial charge in [0.1, 0.15) is 22.3 Å². The summed E-state index contributed by atoms with van der Waals surface area (Å²) in [5.41, 5.74) is 1.75. The minimum absolute atomic E-state index is 0.000296. The highest BCUT2D eigenvalue weighted by molar-refractivity contribution is 6.27. The van der Waals surface area contributed by atoms with Crippen molar-refractivity contribution in [3.05, 3.63) is 133 Å². The zero-order valence-corrected chi connectivity index (χ0v) is 23.0. The van der Waals surface area contributed by atoms with Crippen LogP contribution in [-0.2, 0) is 0 Å². The Balaban J connectivity index is 1.39. The van der Waals surface area contributed by atoms with E-state index >= 15 is 0 Å². The number of nitrogens with zero attached hydrogens (tertiary/aromatic N) is 4. The predicted octanol–water partition coefficient (Wildman–Crippen LogP) is 10.1. The summed E-state index contributed by atoms with van der Waals surface area (Å²) in [6.07, 6.45) is 0. The average Bonchev–Trinajstić information content (AvgIpc) is 3.90. The van der Waals surface area contributed by atoms with Crippen LogP contribution in [0.15, 0.2) is 142 Å². The third kappa shape index (κ3) is 3.53. The average molecular weight is 589 g/mol. The normalized spacial score (nSPS) is 15.1. The Hall–Kier alpha value is -6.27. The number of aromatic nitrogens is 4. The summed E-state index contributed by atoms with van der Waals surface area (Å²) >= 11 is 0. The van der Waals surface area contributed by atoms with E-state index in [0.717, 1.165) is 10.8 Å². The highest BCUT2D eigenvalue weighted by atomic mass is 16.3. The number of para-hydroxylation sites is 3. The molecule has 6 nitrogen and oxygen atoms in total. The van der Waals surface area contributed by atoms with E-state index in [0.29, 0.717) is 22.3 Å². The zero-order chi connectivity index (χ0) is 38.2. The largest absolute Gasteiger partial charge is 0.456 e. The summed E-state index contributed by atoms with van der Waals surface area (Å²) in [7, 11) is 0. The van der Waals surface area contributed by atoms with E-state index in [9.17, 15) is 2.74 Å². The van der Waals surface area contributed by atoms with E-state index in [2.05, 4.69) is 0 Å². The lowest BCUT2D eigenvalue weighted by Gasteiger charge is -2.11. The fourth-order valence-electron chi connectivity index (χ4n) is 6.00. The Morgan fingerprint density at radius 3 is 2.13 bits per heavy atom. The van der Waals surface area contributed by atoms with Crippen molar-refractivity contribution in [1.29, 1.82) is 0 Å². The van der Waals surface area contributed by atoms with E-state index in [4.69, 9.17) is 34.8 Å². The van der Waals surface area contributed by atoms with Crippen LogP contribution >= 0.6 is 0 Å². The monoisotopic (exact) mass is 588 g/mol. The SMILES string of the molecule is [2H]c1c([2H])c([2H])c2c(oc3c([2H])c([2H])c4c(c5c([2H])c([2H])c([2H])c([2H])c5n4-c4nc(-c5ccccc5)nc(-c5ccc6c(c5)oc5ccccc56)n4)c32)c1[2H]. The van der Waals surface area contributed by atoms with Crippen molar-refractivity contribution in [1.82, 2.24) is 19.5 Å². The molecule has 0 fully saturated rings. The quantitative estimate of drug-likeness (QED) is 0.205. The molecule has 0 aliphatic rings. The van der Waals surface area contributed by atoms with E-state index in [1.165, 1.54) is 4.57 Å². The molecular formula is C39H22N4O2. The summed E-state index contributed by atoms with van der Waals surface area (Å²) in [6.45, 7) is 0. The number of rotatable bonds is 3. The van der Waals surface area contributed by atoms with Gasteiger partial charge in [0.05, 0.1) is 24.7 Å². The fraction of sp³-hybridized carbons (Fsp3) is 0. The molecule has 6 aromatic carbocycles.